The van der Waals surface area contributed by atoms with Crippen LogP contribution in [0.4, 0.5) is 5.82 Å². The van der Waals surface area contributed by atoms with Gasteiger partial charge in [-0.1, -0.05) is 36.4 Å². The minimum atomic E-state index is -0.303. The first kappa shape index (κ1) is 13.6. The van der Waals surface area contributed by atoms with E-state index in [0.29, 0.717) is 16.9 Å². The summed E-state index contributed by atoms with van der Waals surface area (Å²) < 4.78 is 0. The minimum Gasteiger partial charge on any atom is -0.305 e. The van der Waals surface area contributed by atoms with Crippen molar-refractivity contribution >= 4 is 11.7 Å². The lowest BCUT2D eigenvalue weighted by Crippen LogP contribution is -2.12. The topological polar surface area (TPSA) is 81.6 Å². The van der Waals surface area contributed by atoms with Crippen molar-refractivity contribution in [2.24, 2.45) is 0 Å². The summed E-state index contributed by atoms with van der Waals surface area (Å²) >= 11 is 0. The van der Waals surface area contributed by atoms with Crippen LogP contribution in [0, 0.1) is 11.3 Å². The highest BCUT2D eigenvalue weighted by Gasteiger charge is 2.09. The highest BCUT2D eigenvalue weighted by Crippen LogP contribution is 2.19. The Bertz CT molecular complexity index is 846. The van der Waals surface area contributed by atoms with Crippen LogP contribution in [0.3, 0.4) is 0 Å². The Balaban J connectivity index is 1.78. The molecule has 0 spiro atoms. The highest BCUT2D eigenvalue weighted by atomic mass is 16.1. The van der Waals surface area contributed by atoms with E-state index in [0.717, 1.165) is 11.3 Å². The van der Waals surface area contributed by atoms with E-state index in [4.69, 9.17) is 5.26 Å². The number of benzene rings is 2. The Hall–Kier alpha value is -3.39. The van der Waals surface area contributed by atoms with Crippen molar-refractivity contribution in [1.82, 2.24) is 10.2 Å². The monoisotopic (exact) mass is 288 g/mol. The lowest BCUT2D eigenvalue weighted by molar-refractivity contribution is 0.102. The molecule has 0 atom stereocenters. The fraction of sp³-hybridized carbons (Fsp3) is 0. The van der Waals surface area contributed by atoms with Gasteiger partial charge >= 0.3 is 0 Å². The zero-order valence-corrected chi connectivity index (χ0v) is 11.6. The van der Waals surface area contributed by atoms with Crippen LogP contribution in [0.25, 0.3) is 11.3 Å². The molecule has 3 aromatic rings. The standard InChI is InChI=1S/C17H12N4O/c18-11-12-5-4-8-14(9-12)17(22)19-16-10-15(20-21-16)13-6-2-1-3-7-13/h1-10H,(H2,19,20,21,22). The average molecular weight is 288 g/mol. The molecule has 0 aliphatic carbocycles. The zero-order valence-electron chi connectivity index (χ0n) is 11.6. The van der Waals surface area contributed by atoms with E-state index in [1.165, 1.54) is 0 Å². The van der Waals surface area contributed by atoms with E-state index in [1.807, 2.05) is 36.4 Å². The van der Waals surface area contributed by atoms with Crippen molar-refractivity contribution in [1.29, 1.82) is 5.26 Å². The van der Waals surface area contributed by atoms with E-state index < -0.39 is 0 Å². The second-order valence-corrected chi connectivity index (χ2v) is 4.68. The zero-order chi connectivity index (χ0) is 15.4. The van der Waals surface area contributed by atoms with Gasteiger partial charge in [0.2, 0.25) is 0 Å². The average Bonchev–Trinajstić information content (AvgIpc) is 3.04. The predicted molar refractivity (Wildman–Crippen MR) is 83.1 cm³/mol. The number of aromatic nitrogens is 2. The molecule has 0 saturated carbocycles. The number of nitrogens with zero attached hydrogens (tertiary/aromatic N) is 2. The number of hydrogen-bond donors (Lipinski definition) is 2. The molecule has 2 aromatic carbocycles. The molecule has 5 heteroatoms. The number of hydrogen-bond acceptors (Lipinski definition) is 3. The van der Waals surface area contributed by atoms with Gasteiger partial charge in [0, 0.05) is 11.6 Å². The van der Waals surface area contributed by atoms with Gasteiger partial charge in [-0.25, -0.2) is 0 Å². The third-order valence-electron chi connectivity index (χ3n) is 3.16. The summed E-state index contributed by atoms with van der Waals surface area (Å²) in [6.07, 6.45) is 0. The van der Waals surface area contributed by atoms with Crippen LogP contribution in [0.15, 0.2) is 60.7 Å². The molecule has 0 radical (unpaired) electrons. The second kappa shape index (κ2) is 5.94. The minimum absolute atomic E-state index is 0.303. The summed E-state index contributed by atoms with van der Waals surface area (Å²) in [5.74, 6) is 0.134. The fourth-order valence-electron chi connectivity index (χ4n) is 2.07. The van der Waals surface area contributed by atoms with Gasteiger partial charge in [0.15, 0.2) is 5.82 Å². The quantitative estimate of drug-likeness (QED) is 0.776. The lowest BCUT2D eigenvalue weighted by atomic mass is 10.1. The number of amides is 1. The molecule has 1 aromatic heterocycles. The number of H-pyrrole nitrogens is 1. The molecular weight excluding hydrogens is 276 g/mol. The molecule has 0 bridgehead atoms. The Labute approximate surface area is 127 Å². The van der Waals surface area contributed by atoms with Gasteiger partial charge in [0.05, 0.1) is 17.3 Å². The van der Waals surface area contributed by atoms with Crippen LogP contribution < -0.4 is 5.32 Å². The van der Waals surface area contributed by atoms with Crippen molar-refractivity contribution in [3.05, 3.63) is 71.8 Å². The lowest BCUT2D eigenvalue weighted by Gasteiger charge is -2.01. The summed E-state index contributed by atoms with van der Waals surface area (Å²) in [7, 11) is 0. The number of aromatic amines is 1. The molecule has 1 heterocycles. The van der Waals surface area contributed by atoms with E-state index in [9.17, 15) is 4.79 Å². The van der Waals surface area contributed by atoms with E-state index in [1.54, 1.807) is 30.3 Å². The first-order chi connectivity index (χ1) is 10.8. The molecule has 0 fully saturated rings. The van der Waals surface area contributed by atoms with Crippen molar-refractivity contribution in [2.45, 2.75) is 0 Å². The second-order valence-electron chi connectivity index (χ2n) is 4.68. The number of anilines is 1. The van der Waals surface area contributed by atoms with Gasteiger partial charge in [0.25, 0.3) is 5.91 Å². The van der Waals surface area contributed by atoms with Gasteiger partial charge in [-0.15, -0.1) is 0 Å². The van der Waals surface area contributed by atoms with Gasteiger partial charge in [0.1, 0.15) is 0 Å². The van der Waals surface area contributed by atoms with Crippen LogP contribution in [-0.2, 0) is 0 Å². The fourth-order valence-corrected chi connectivity index (χ4v) is 2.07. The van der Waals surface area contributed by atoms with E-state index >= 15 is 0 Å². The Morgan fingerprint density at radius 1 is 1.09 bits per heavy atom. The number of nitriles is 1. The van der Waals surface area contributed by atoms with Crippen LogP contribution in [0.5, 0.6) is 0 Å². The third-order valence-corrected chi connectivity index (χ3v) is 3.16. The number of rotatable bonds is 3. The molecule has 0 aliphatic heterocycles. The third kappa shape index (κ3) is 2.86. The van der Waals surface area contributed by atoms with Crippen LogP contribution in [0.2, 0.25) is 0 Å². The Morgan fingerprint density at radius 3 is 2.68 bits per heavy atom. The van der Waals surface area contributed by atoms with Gasteiger partial charge < -0.3 is 5.32 Å². The summed E-state index contributed by atoms with van der Waals surface area (Å²) in [6, 6.07) is 20.0. The molecule has 0 unspecified atom stereocenters. The maximum atomic E-state index is 12.2. The van der Waals surface area contributed by atoms with E-state index in [2.05, 4.69) is 15.5 Å². The molecule has 5 nitrogen and oxygen atoms in total. The summed E-state index contributed by atoms with van der Waals surface area (Å²) in [5.41, 5.74) is 2.67. The van der Waals surface area contributed by atoms with Crippen LogP contribution >= 0.6 is 0 Å². The molecule has 0 saturated heterocycles. The SMILES string of the molecule is N#Cc1cccc(C(=O)Nc2cc(-c3ccccc3)[nH]n2)c1. The van der Waals surface area contributed by atoms with Crippen molar-refractivity contribution in [3.8, 4) is 17.3 Å². The van der Waals surface area contributed by atoms with Crippen molar-refractivity contribution in [3.63, 3.8) is 0 Å². The Morgan fingerprint density at radius 2 is 1.91 bits per heavy atom. The molecular formula is C17H12N4O. The largest absolute Gasteiger partial charge is 0.305 e. The van der Waals surface area contributed by atoms with E-state index in [-0.39, 0.29) is 5.91 Å². The van der Waals surface area contributed by atoms with Crippen LogP contribution in [-0.4, -0.2) is 16.1 Å². The molecule has 22 heavy (non-hydrogen) atoms. The Kier molecular flexibility index (Phi) is 3.67. The smallest absolute Gasteiger partial charge is 0.256 e. The molecule has 2 N–H and O–H groups in total. The normalized spacial score (nSPS) is 9.95. The summed E-state index contributed by atoms with van der Waals surface area (Å²) in [4.78, 5) is 12.2. The maximum Gasteiger partial charge on any atom is 0.256 e. The first-order valence-corrected chi connectivity index (χ1v) is 6.68. The molecule has 1 amide bonds. The molecule has 3 rings (SSSR count). The first-order valence-electron chi connectivity index (χ1n) is 6.68. The van der Waals surface area contributed by atoms with Crippen molar-refractivity contribution in [2.75, 3.05) is 5.32 Å². The summed E-state index contributed by atoms with van der Waals surface area (Å²) in [6.45, 7) is 0. The molecule has 106 valence electrons. The highest BCUT2D eigenvalue weighted by molar-refractivity contribution is 6.04. The van der Waals surface area contributed by atoms with Gasteiger partial charge in [-0.3, -0.25) is 9.89 Å². The predicted octanol–water partition coefficient (Wildman–Crippen LogP) is 3.20. The van der Waals surface area contributed by atoms with Crippen LogP contribution in [0.1, 0.15) is 15.9 Å². The van der Waals surface area contributed by atoms with Gasteiger partial charge in [-0.05, 0) is 23.8 Å². The summed E-state index contributed by atoms with van der Waals surface area (Å²) in [5, 5.41) is 18.5. The number of carbonyl (C=O) groups excluding carboxylic acids is 1. The maximum absolute atomic E-state index is 12.2. The van der Waals surface area contributed by atoms with Crippen molar-refractivity contribution < 1.29 is 4.79 Å². The van der Waals surface area contributed by atoms with Gasteiger partial charge in [-0.2, -0.15) is 10.4 Å². The number of carbonyl (C=O) groups is 1. The molecule has 0 aliphatic rings. The number of nitrogens with one attached hydrogen (secondary N) is 2.